The van der Waals surface area contributed by atoms with Crippen LogP contribution in [0.5, 0.6) is 0 Å². The minimum absolute atomic E-state index is 0.152. The topological polar surface area (TPSA) is 79.2 Å². The Hall–Kier alpha value is -3.13. The molecule has 0 aliphatic heterocycles. The number of ether oxygens (including phenoxy) is 1. The molecule has 1 aliphatic carbocycles. The molecule has 2 aromatic carbocycles. The Morgan fingerprint density at radius 3 is 2.67 bits per heavy atom. The van der Waals surface area contributed by atoms with E-state index >= 15 is 0 Å². The average Bonchev–Trinajstić information content (AvgIpc) is 2.68. The molecule has 1 amide bonds. The van der Waals surface area contributed by atoms with Gasteiger partial charge in [-0.05, 0) is 79.6 Å². The normalized spacial score (nSPS) is 15.3. The summed E-state index contributed by atoms with van der Waals surface area (Å²) in [6, 6.07) is 14.6. The van der Waals surface area contributed by atoms with Gasteiger partial charge in [0.15, 0.2) is 0 Å². The number of anilines is 1. The molecule has 2 aromatic rings. The number of benzene rings is 2. The van der Waals surface area contributed by atoms with E-state index < -0.39 is 0 Å². The van der Waals surface area contributed by atoms with Crippen molar-refractivity contribution in [3.63, 3.8) is 0 Å². The second-order valence-corrected chi connectivity index (χ2v) is 6.74. The molecule has 1 atom stereocenters. The molecule has 0 aromatic heterocycles. The molecule has 0 fully saturated rings. The Morgan fingerprint density at radius 1 is 1.19 bits per heavy atom. The van der Waals surface area contributed by atoms with Crippen molar-refractivity contribution < 1.29 is 14.3 Å². The van der Waals surface area contributed by atoms with Crippen molar-refractivity contribution in [2.75, 3.05) is 11.9 Å². The van der Waals surface area contributed by atoms with Gasteiger partial charge in [0.05, 0.1) is 18.2 Å². The highest BCUT2D eigenvalue weighted by Crippen LogP contribution is 2.29. The molecular formula is C22H22N2O3. The molecular weight excluding hydrogens is 340 g/mol. The third-order valence-electron chi connectivity index (χ3n) is 4.83. The van der Waals surface area contributed by atoms with E-state index in [1.807, 2.05) is 25.1 Å². The average molecular weight is 362 g/mol. The van der Waals surface area contributed by atoms with Crippen molar-refractivity contribution in [3.05, 3.63) is 64.7 Å². The van der Waals surface area contributed by atoms with Crippen LogP contribution in [0, 0.1) is 17.2 Å². The summed E-state index contributed by atoms with van der Waals surface area (Å²) in [5, 5.41) is 11.7. The van der Waals surface area contributed by atoms with Gasteiger partial charge >= 0.3 is 5.97 Å². The number of fused-ring (bicyclic) bond motifs is 1. The first-order chi connectivity index (χ1) is 13.1. The number of aryl methyl sites for hydroxylation is 1. The van der Waals surface area contributed by atoms with Crippen LogP contribution >= 0.6 is 0 Å². The van der Waals surface area contributed by atoms with Gasteiger partial charge < -0.3 is 10.1 Å². The summed E-state index contributed by atoms with van der Waals surface area (Å²) in [6.07, 6.45) is 3.08. The molecule has 1 N–H and O–H groups in total. The molecule has 5 nitrogen and oxygen atoms in total. The number of nitrogens with one attached hydrogen (secondary N) is 1. The minimum Gasteiger partial charge on any atom is -0.466 e. The maximum Gasteiger partial charge on any atom is 0.306 e. The Labute approximate surface area is 159 Å². The smallest absolute Gasteiger partial charge is 0.306 e. The van der Waals surface area contributed by atoms with Gasteiger partial charge in [-0.15, -0.1) is 0 Å². The summed E-state index contributed by atoms with van der Waals surface area (Å²) in [5.41, 5.74) is 4.16. The summed E-state index contributed by atoms with van der Waals surface area (Å²) in [4.78, 5) is 24.3. The first kappa shape index (κ1) is 18.7. The molecule has 0 spiro atoms. The fourth-order valence-electron chi connectivity index (χ4n) is 3.43. The minimum atomic E-state index is -0.185. The van der Waals surface area contributed by atoms with Crippen LogP contribution in [0.25, 0.3) is 0 Å². The number of nitrogens with zero attached hydrogens (tertiary/aromatic N) is 1. The first-order valence-corrected chi connectivity index (χ1v) is 9.18. The molecule has 138 valence electrons. The van der Waals surface area contributed by atoms with Gasteiger partial charge in [0.25, 0.3) is 5.91 Å². The zero-order valence-corrected chi connectivity index (χ0v) is 15.3. The van der Waals surface area contributed by atoms with Gasteiger partial charge in [-0.2, -0.15) is 5.26 Å². The number of carbonyl (C=O) groups is 2. The molecule has 0 heterocycles. The molecule has 27 heavy (non-hydrogen) atoms. The number of hydrogen-bond acceptors (Lipinski definition) is 4. The predicted molar refractivity (Wildman–Crippen MR) is 102 cm³/mol. The predicted octanol–water partition coefficient (Wildman–Crippen LogP) is 3.87. The van der Waals surface area contributed by atoms with Crippen LogP contribution in [0.3, 0.4) is 0 Å². The van der Waals surface area contributed by atoms with Crippen molar-refractivity contribution in [1.29, 1.82) is 5.26 Å². The molecule has 0 radical (unpaired) electrons. The van der Waals surface area contributed by atoms with Crippen molar-refractivity contribution in [1.82, 2.24) is 0 Å². The van der Waals surface area contributed by atoms with E-state index in [-0.39, 0.29) is 17.8 Å². The van der Waals surface area contributed by atoms with E-state index in [1.165, 1.54) is 5.56 Å². The third kappa shape index (κ3) is 4.73. The summed E-state index contributed by atoms with van der Waals surface area (Å²) in [5.74, 6) is -0.0796. The lowest BCUT2D eigenvalue weighted by Gasteiger charge is -2.24. The second-order valence-electron chi connectivity index (χ2n) is 6.74. The van der Waals surface area contributed by atoms with Crippen LogP contribution in [0.15, 0.2) is 42.5 Å². The maximum absolute atomic E-state index is 12.5. The third-order valence-corrected chi connectivity index (χ3v) is 4.83. The van der Waals surface area contributed by atoms with Crippen LogP contribution in [-0.2, 0) is 22.4 Å². The van der Waals surface area contributed by atoms with Gasteiger partial charge in [0.1, 0.15) is 0 Å². The number of amides is 1. The van der Waals surface area contributed by atoms with E-state index in [0.717, 1.165) is 24.8 Å². The fourth-order valence-corrected chi connectivity index (χ4v) is 3.43. The zero-order valence-electron chi connectivity index (χ0n) is 15.3. The molecule has 1 unspecified atom stereocenters. The van der Waals surface area contributed by atoms with Crippen molar-refractivity contribution in [2.45, 2.75) is 32.6 Å². The van der Waals surface area contributed by atoms with Crippen molar-refractivity contribution in [3.8, 4) is 6.07 Å². The summed E-state index contributed by atoms with van der Waals surface area (Å²) in [6.45, 7) is 2.22. The molecule has 1 aliphatic rings. The van der Waals surface area contributed by atoms with E-state index in [9.17, 15) is 9.59 Å². The summed E-state index contributed by atoms with van der Waals surface area (Å²) >= 11 is 0. The zero-order chi connectivity index (χ0) is 19.2. The number of esters is 1. The van der Waals surface area contributed by atoms with E-state index in [2.05, 4.69) is 11.4 Å². The highest BCUT2D eigenvalue weighted by atomic mass is 16.5. The molecule has 3 rings (SSSR count). The van der Waals surface area contributed by atoms with Crippen LogP contribution < -0.4 is 5.32 Å². The lowest BCUT2D eigenvalue weighted by molar-refractivity contribution is -0.144. The summed E-state index contributed by atoms with van der Waals surface area (Å²) in [7, 11) is 0. The Balaban J connectivity index is 1.68. The summed E-state index contributed by atoms with van der Waals surface area (Å²) < 4.78 is 5.05. The molecule has 5 heteroatoms. The van der Waals surface area contributed by atoms with E-state index in [0.29, 0.717) is 29.8 Å². The van der Waals surface area contributed by atoms with Gasteiger partial charge in [-0.3, -0.25) is 9.59 Å². The van der Waals surface area contributed by atoms with Crippen LogP contribution in [0.4, 0.5) is 5.69 Å². The van der Waals surface area contributed by atoms with Gasteiger partial charge in [0.2, 0.25) is 0 Å². The quantitative estimate of drug-likeness (QED) is 0.819. The Morgan fingerprint density at radius 2 is 1.96 bits per heavy atom. The van der Waals surface area contributed by atoms with E-state index in [1.54, 1.807) is 24.3 Å². The highest BCUT2D eigenvalue weighted by molar-refractivity contribution is 6.04. The lowest BCUT2D eigenvalue weighted by Crippen LogP contribution is -2.20. The van der Waals surface area contributed by atoms with Gasteiger partial charge in [-0.1, -0.05) is 6.07 Å². The standard InChI is InChI=1S/C22H22N2O3/c1-2-27-21(25)12-16-3-6-17-7-8-18(13-19(17)11-16)22(26)24-20-9-4-15(14-23)5-10-20/h4-5,7-10,13,16H,2-3,6,11-12H2,1H3,(H,24,26). The number of hydrogen-bond donors (Lipinski definition) is 1. The molecule has 0 saturated heterocycles. The van der Waals surface area contributed by atoms with Gasteiger partial charge in [0, 0.05) is 17.7 Å². The molecule has 0 saturated carbocycles. The Kier molecular flexibility index (Phi) is 5.87. The van der Waals surface area contributed by atoms with Crippen LogP contribution in [-0.4, -0.2) is 18.5 Å². The molecule has 0 bridgehead atoms. The highest BCUT2D eigenvalue weighted by Gasteiger charge is 2.22. The largest absolute Gasteiger partial charge is 0.466 e. The first-order valence-electron chi connectivity index (χ1n) is 9.18. The SMILES string of the molecule is CCOC(=O)CC1CCc2ccc(C(=O)Nc3ccc(C#N)cc3)cc2C1. The maximum atomic E-state index is 12.5. The van der Waals surface area contributed by atoms with E-state index in [4.69, 9.17) is 10.00 Å². The monoisotopic (exact) mass is 362 g/mol. The number of nitriles is 1. The fraction of sp³-hybridized carbons (Fsp3) is 0.318. The van der Waals surface area contributed by atoms with Gasteiger partial charge in [-0.25, -0.2) is 0 Å². The van der Waals surface area contributed by atoms with Crippen molar-refractivity contribution >= 4 is 17.6 Å². The van der Waals surface area contributed by atoms with Crippen molar-refractivity contribution in [2.24, 2.45) is 5.92 Å². The number of carbonyl (C=O) groups excluding carboxylic acids is 2. The second kappa shape index (κ2) is 8.50. The van der Waals surface area contributed by atoms with Crippen LogP contribution in [0.1, 0.15) is 46.8 Å². The number of rotatable bonds is 5. The van der Waals surface area contributed by atoms with Crippen LogP contribution in [0.2, 0.25) is 0 Å². The Bertz CT molecular complexity index is 881. The lowest BCUT2D eigenvalue weighted by atomic mass is 9.81.